The third-order valence-electron chi connectivity index (χ3n) is 14.3. The Morgan fingerprint density at radius 2 is 0.589 bits per heavy atom. The summed E-state index contributed by atoms with van der Waals surface area (Å²) in [7, 11) is 0. The number of ether oxygens (including phenoxy) is 2. The number of hydrogen-bond donors (Lipinski definition) is 1. The second-order valence-corrected chi connectivity index (χ2v) is 21.5. The fraction of sp³-hybridized carbons (Fsp3) is 0.794. The molecule has 0 aromatic rings. The Morgan fingerprint density at radius 1 is 0.329 bits per heavy atom. The molecule has 0 amide bonds. The van der Waals surface area contributed by atoms with Gasteiger partial charge in [-0.3, -0.25) is 9.59 Å². The van der Waals surface area contributed by atoms with E-state index in [-0.39, 0.29) is 25.2 Å². The number of aliphatic hydroxyl groups is 1. The lowest BCUT2D eigenvalue weighted by molar-refractivity contribution is -0.161. The molecule has 73 heavy (non-hydrogen) atoms. The first-order valence-corrected chi connectivity index (χ1v) is 32.0. The van der Waals surface area contributed by atoms with Crippen molar-refractivity contribution in [1.29, 1.82) is 0 Å². The van der Waals surface area contributed by atoms with E-state index in [9.17, 15) is 14.7 Å². The minimum atomic E-state index is -0.774. The van der Waals surface area contributed by atoms with Crippen LogP contribution in [-0.2, 0) is 19.1 Å². The summed E-state index contributed by atoms with van der Waals surface area (Å²) in [6.07, 6.45) is 87.6. The summed E-state index contributed by atoms with van der Waals surface area (Å²) in [4.78, 5) is 24.6. The van der Waals surface area contributed by atoms with Crippen molar-refractivity contribution in [1.82, 2.24) is 0 Å². The highest BCUT2D eigenvalue weighted by atomic mass is 16.6. The zero-order valence-electron chi connectivity index (χ0n) is 48.6. The summed E-state index contributed by atoms with van der Waals surface area (Å²) >= 11 is 0. The first-order chi connectivity index (χ1) is 36.1. The quantitative estimate of drug-likeness (QED) is 0.0373. The Morgan fingerprint density at radius 3 is 0.890 bits per heavy atom. The predicted octanol–water partition coefficient (Wildman–Crippen LogP) is 21.9. The van der Waals surface area contributed by atoms with Gasteiger partial charge in [0.2, 0.25) is 0 Å². The van der Waals surface area contributed by atoms with Gasteiger partial charge in [-0.25, -0.2) is 0 Å². The number of unbranched alkanes of at least 4 members (excludes halogenated alkanes) is 39. The van der Waals surface area contributed by atoms with Crippen molar-refractivity contribution >= 4 is 11.9 Å². The van der Waals surface area contributed by atoms with Crippen molar-refractivity contribution in [3.05, 3.63) is 72.9 Å². The molecule has 0 rings (SSSR count). The summed E-state index contributed by atoms with van der Waals surface area (Å²) in [5, 5.41) is 9.68. The fourth-order valence-corrected chi connectivity index (χ4v) is 9.50. The highest BCUT2D eigenvalue weighted by Crippen LogP contribution is 2.18. The lowest BCUT2D eigenvalue weighted by Crippen LogP contribution is -2.28. The zero-order valence-corrected chi connectivity index (χ0v) is 48.6. The molecule has 0 aromatic carbocycles. The largest absolute Gasteiger partial charge is 0.462 e. The molecule has 5 heteroatoms. The lowest BCUT2D eigenvalue weighted by atomic mass is 10.0. The number of rotatable bonds is 59. The summed E-state index contributed by atoms with van der Waals surface area (Å²) in [6, 6.07) is 0. The molecule has 0 aliphatic carbocycles. The number of carbonyl (C=O) groups excluding carboxylic acids is 2. The molecule has 0 aliphatic heterocycles. The summed E-state index contributed by atoms with van der Waals surface area (Å²) in [6.45, 7) is 4.07. The Balaban J connectivity index is 3.45. The smallest absolute Gasteiger partial charge is 0.306 e. The van der Waals surface area contributed by atoms with Gasteiger partial charge in [0.25, 0.3) is 0 Å². The van der Waals surface area contributed by atoms with Crippen molar-refractivity contribution in [2.24, 2.45) is 0 Å². The average Bonchev–Trinajstić information content (AvgIpc) is 3.39. The van der Waals surface area contributed by atoms with Crippen LogP contribution in [0.4, 0.5) is 0 Å². The van der Waals surface area contributed by atoms with Crippen LogP contribution in [0.5, 0.6) is 0 Å². The van der Waals surface area contributed by atoms with Crippen LogP contribution in [0.2, 0.25) is 0 Å². The molecule has 0 aromatic heterocycles. The number of esters is 2. The molecule has 0 fully saturated rings. The molecule has 1 N–H and O–H groups in total. The maximum Gasteiger partial charge on any atom is 0.306 e. The van der Waals surface area contributed by atoms with Crippen LogP contribution in [0.1, 0.15) is 328 Å². The van der Waals surface area contributed by atoms with E-state index in [4.69, 9.17) is 9.47 Å². The van der Waals surface area contributed by atoms with E-state index >= 15 is 0 Å². The molecule has 0 spiro atoms. The minimum absolute atomic E-state index is 0.0632. The van der Waals surface area contributed by atoms with Gasteiger partial charge in [0, 0.05) is 12.8 Å². The molecular formula is C68H122O5. The van der Waals surface area contributed by atoms with Crippen molar-refractivity contribution in [3.63, 3.8) is 0 Å². The van der Waals surface area contributed by atoms with Gasteiger partial charge in [-0.15, -0.1) is 0 Å². The molecule has 1 unspecified atom stereocenters. The summed E-state index contributed by atoms with van der Waals surface area (Å²) in [5.74, 6) is -0.576. The van der Waals surface area contributed by atoms with E-state index in [1.54, 1.807) is 0 Å². The molecule has 0 radical (unpaired) electrons. The first kappa shape index (κ1) is 70.3. The molecule has 0 saturated heterocycles. The number of carbonyl (C=O) groups is 2. The number of hydrogen-bond acceptors (Lipinski definition) is 5. The van der Waals surface area contributed by atoms with Crippen molar-refractivity contribution in [2.45, 2.75) is 335 Å². The van der Waals surface area contributed by atoms with Crippen LogP contribution >= 0.6 is 0 Å². The molecule has 0 bridgehead atoms. The minimum Gasteiger partial charge on any atom is -0.462 e. The van der Waals surface area contributed by atoms with Gasteiger partial charge in [0.1, 0.15) is 6.61 Å². The Kier molecular flexibility index (Phi) is 61.3. The van der Waals surface area contributed by atoms with Crippen molar-refractivity contribution in [2.75, 3.05) is 13.2 Å². The van der Waals surface area contributed by atoms with Crippen LogP contribution in [0.15, 0.2) is 72.9 Å². The first-order valence-electron chi connectivity index (χ1n) is 32.0. The highest BCUT2D eigenvalue weighted by Gasteiger charge is 2.16. The van der Waals surface area contributed by atoms with Crippen molar-refractivity contribution in [3.8, 4) is 0 Å². The monoisotopic (exact) mass is 1020 g/mol. The van der Waals surface area contributed by atoms with Crippen LogP contribution in [0.3, 0.4) is 0 Å². The molecule has 0 saturated carbocycles. The van der Waals surface area contributed by atoms with E-state index < -0.39 is 6.10 Å². The normalized spacial score (nSPS) is 12.6. The van der Waals surface area contributed by atoms with E-state index in [1.807, 2.05) is 0 Å². The fourth-order valence-electron chi connectivity index (χ4n) is 9.50. The maximum absolute atomic E-state index is 12.3. The van der Waals surface area contributed by atoms with Crippen LogP contribution in [-0.4, -0.2) is 36.4 Å². The molecule has 5 nitrogen and oxygen atoms in total. The lowest BCUT2D eigenvalue weighted by Gasteiger charge is -2.15. The summed E-state index contributed by atoms with van der Waals surface area (Å²) in [5.41, 5.74) is 0. The number of allylic oxidation sites excluding steroid dienone is 12. The summed E-state index contributed by atoms with van der Waals surface area (Å²) < 4.78 is 10.7. The second-order valence-electron chi connectivity index (χ2n) is 21.5. The van der Waals surface area contributed by atoms with E-state index in [2.05, 4.69) is 86.8 Å². The van der Waals surface area contributed by atoms with Gasteiger partial charge in [-0.05, 0) is 64.2 Å². The molecule has 424 valence electrons. The average molecular weight is 1020 g/mol. The second kappa shape index (κ2) is 63.6. The predicted molar refractivity (Wildman–Crippen MR) is 320 cm³/mol. The van der Waals surface area contributed by atoms with Gasteiger partial charge in [0.15, 0.2) is 6.10 Å². The highest BCUT2D eigenvalue weighted by molar-refractivity contribution is 5.70. The Bertz CT molecular complexity index is 1290. The van der Waals surface area contributed by atoms with Crippen LogP contribution in [0, 0.1) is 0 Å². The molecule has 1 atom stereocenters. The SMILES string of the molecule is CC/C=C\C/C=C\C/C=C\C/C=C\C/C=C\C/C=C\CCCCCCCCCCCCCCCCC(=O)OC(CO)COC(=O)CCCCCCCCCCCCCCCCCCCCCCCCCCCC. The van der Waals surface area contributed by atoms with Gasteiger partial charge in [-0.1, -0.05) is 324 Å². The van der Waals surface area contributed by atoms with Crippen LogP contribution in [0.25, 0.3) is 0 Å². The van der Waals surface area contributed by atoms with E-state index in [1.165, 1.54) is 225 Å². The van der Waals surface area contributed by atoms with Gasteiger partial charge in [0.05, 0.1) is 6.61 Å². The third-order valence-corrected chi connectivity index (χ3v) is 14.3. The van der Waals surface area contributed by atoms with E-state index in [0.717, 1.165) is 77.0 Å². The van der Waals surface area contributed by atoms with Crippen molar-refractivity contribution < 1.29 is 24.2 Å². The molecule has 0 aliphatic rings. The van der Waals surface area contributed by atoms with Gasteiger partial charge >= 0.3 is 11.9 Å². The zero-order chi connectivity index (χ0) is 52.7. The Hall–Kier alpha value is -2.66. The van der Waals surface area contributed by atoms with E-state index in [0.29, 0.717) is 12.8 Å². The standard InChI is InChI=1S/C68H122O5/c1-3-5-7-9-11-13-15-17-19-21-23-25-27-29-31-32-33-34-35-36-37-39-41-43-45-47-49-51-53-55-57-59-61-63-68(71)73-66(64-69)65-72-67(70)62-60-58-56-54-52-50-48-46-44-42-40-38-30-28-26-24-22-20-18-16-14-12-10-8-6-4-2/h5,7,11,13,17,19,23,25,29,31,33-34,66,69H,3-4,6,8-10,12,14-16,18,20-22,24,26-28,30,32,35-65H2,1-2H3/b7-5-,13-11-,19-17-,25-23-,31-29-,34-33-. The Labute approximate surface area is 454 Å². The maximum atomic E-state index is 12.3. The number of aliphatic hydroxyl groups excluding tert-OH is 1. The molecule has 0 heterocycles. The molecular weight excluding hydrogens is 897 g/mol. The third kappa shape index (κ3) is 61.8. The van der Waals surface area contributed by atoms with Gasteiger partial charge < -0.3 is 14.6 Å². The van der Waals surface area contributed by atoms with Gasteiger partial charge in [-0.2, -0.15) is 0 Å². The van der Waals surface area contributed by atoms with Crippen LogP contribution < -0.4 is 0 Å². The topological polar surface area (TPSA) is 72.8 Å².